The van der Waals surface area contributed by atoms with Gasteiger partial charge in [-0.2, -0.15) is 0 Å². The summed E-state index contributed by atoms with van der Waals surface area (Å²) in [4.78, 5) is 11.4. The fourth-order valence-electron chi connectivity index (χ4n) is 1.90. The van der Waals surface area contributed by atoms with Gasteiger partial charge in [0.15, 0.2) is 0 Å². The number of aliphatic hydroxyl groups is 3. The van der Waals surface area contributed by atoms with Crippen LogP contribution in [0.15, 0.2) is 11.6 Å². The van der Waals surface area contributed by atoms with Gasteiger partial charge >= 0.3 is 5.97 Å². The van der Waals surface area contributed by atoms with Gasteiger partial charge in [0.05, 0.1) is 18.8 Å². The molecule has 0 saturated heterocycles. The largest absolute Gasteiger partial charge is 0.466 e. The van der Waals surface area contributed by atoms with Gasteiger partial charge in [-0.25, -0.2) is 4.79 Å². The lowest BCUT2D eigenvalue weighted by Gasteiger charge is -2.35. The molecule has 1 aliphatic carbocycles. The smallest absolute Gasteiger partial charge is 0.336 e. The number of carbonyl (C=O) groups is 1. The highest BCUT2D eigenvalue weighted by Gasteiger charge is 2.40. The Bertz CT molecular complexity index is 297. The van der Waals surface area contributed by atoms with Gasteiger partial charge in [-0.15, -0.1) is 0 Å². The van der Waals surface area contributed by atoms with Gasteiger partial charge in [0, 0.05) is 5.92 Å². The minimum absolute atomic E-state index is 0.0130. The maximum Gasteiger partial charge on any atom is 0.336 e. The van der Waals surface area contributed by atoms with Gasteiger partial charge in [0.1, 0.15) is 12.2 Å². The third-order valence-electron chi connectivity index (χ3n) is 2.95. The average molecular weight is 230 g/mol. The van der Waals surface area contributed by atoms with E-state index in [0.717, 1.165) is 0 Å². The molecule has 0 amide bonds. The Morgan fingerprint density at radius 2 is 1.88 bits per heavy atom. The van der Waals surface area contributed by atoms with Crippen LogP contribution in [0.2, 0.25) is 0 Å². The Balaban J connectivity index is 3.06. The predicted octanol–water partition coefficient (Wildman–Crippen LogP) is -0.546. The van der Waals surface area contributed by atoms with E-state index in [-0.39, 0.29) is 17.4 Å². The Hall–Kier alpha value is -0.910. The molecule has 1 aliphatic rings. The fraction of sp³-hybridized carbons (Fsp3) is 0.727. The summed E-state index contributed by atoms with van der Waals surface area (Å²) < 4.78 is 4.51. The van der Waals surface area contributed by atoms with Crippen LogP contribution in [0, 0.1) is 11.8 Å². The van der Waals surface area contributed by atoms with Gasteiger partial charge < -0.3 is 20.1 Å². The number of hydrogen-bond donors (Lipinski definition) is 3. The molecule has 0 saturated carbocycles. The number of methoxy groups -OCH3 is 1. The quantitative estimate of drug-likeness (QED) is 0.554. The maximum absolute atomic E-state index is 11.4. The molecule has 0 fully saturated rings. The average Bonchev–Trinajstić information content (AvgIpc) is 2.25. The molecular weight excluding hydrogens is 212 g/mol. The van der Waals surface area contributed by atoms with Crippen molar-refractivity contribution in [2.24, 2.45) is 11.8 Å². The molecule has 3 N–H and O–H groups in total. The van der Waals surface area contributed by atoms with E-state index in [9.17, 15) is 20.1 Å². The Morgan fingerprint density at radius 1 is 1.31 bits per heavy atom. The van der Waals surface area contributed by atoms with Gasteiger partial charge in [0.2, 0.25) is 0 Å². The Morgan fingerprint density at radius 3 is 2.31 bits per heavy atom. The molecule has 0 aromatic rings. The summed E-state index contributed by atoms with van der Waals surface area (Å²) in [7, 11) is 1.21. The number of aliphatic hydroxyl groups excluding tert-OH is 3. The first-order chi connectivity index (χ1) is 7.40. The summed E-state index contributed by atoms with van der Waals surface area (Å²) in [6.45, 7) is 3.73. The van der Waals surface area contributed by atoms with E-state index in [2.05, 4.69) is 4.74 Å². The zero-order chi connectivity index (χ0) is 12.5. The number of ether oxygens (including phenoxy) is 1. The predicted molar refractivity (Wildman–Crippen MR) is 56.4 cm³/mol. The van der Waals surface area contributed by atoms with Gasteiger partial charge in [-0.3, -0.25) is 0 Å². The standard InChI is InChI=1S/C11H18O5/c1-5(2)6-4-7(11(15)16-3)9(13)10(14)8(6)12/h4-6,8-10,12-14H,1-3H3. The Kier molecular flexibility index (Phi) is 4.07. The fourth-order valence-corrected chi connectivity index (χ4v) is 1.90. The molecule has 4 unspecified atom stereocenters. The van der Waals surface area contributed by atoms with Crippen LogP contribution in [0.1, 0.15) is 13.8 Å². The molecule has 4 atom stereocenters. The van der Waals surface area contributed by atoms with Crippen molar-refractivity contribution < 1.29 is 24.9 Å². The first-order valence-corrected chi connectivity index (χ1v) is 5.24. The second-order valence-corrected chi connectivity index (χ2v) is 4.36. The third-order valence-corrected chi connectivity index (χ3v) is 2.95. The lowest BCUT2D eigenvalue weighted by Crippen LogP contribution is -2.48. The van der Waals surface area contributed by atoms with E-state index >= 15 is 0 Å². The van der Waals surface area contributed by atoms with Crippen molar-refractivity contribution in [2.75, 3.05) is 7.11 Å². The van der Waals surface area contributed by atoms with E-state index in [1.165, 1.54) is 13.2 Å². The zero-order valence-electron chi connectivity index (χ0n) is 9.62. The minimum atomic E-state index is -1.39. The van der Waals surface area contributed by atoms with E-state index in [1.807, 2.05) is 13.8 Å². The van der Waals surface area contributed by atoms with Crippen molar-refractivity contribution >= 4 is 5.97 Å². The van der Waals surface area contributed by atoms with Crippen molar-refractivity contribution in [3.63, 3.8) is 0 Å². The second-order valence-electron chi connectivity index (χ2n) is 4.36. The number of rotatable bonds is 2. The molecule has 0 aromatic heterocycles. The van der Waals surface area contributed by atoms with Crippen molar-refractivity contribution in [3.8, 4) is 0 Å². The van der Waals surface area contributed by atoms with Crippen LogP contribution in [0.25, 0.3) is 0 Å². The normalized spacial score (nSPS) is 34.8. The molecule has 0 spiro atoms. The first-order valence-electron chi connectivity index (χ1n) is 5.24. The van der Waals surface area contributed by atoms with Crippen LogP contribution >= 0.6 is 0 Å². The van der Waals surface area contributed by atoms with Crippen LogP contribution in [-0.4, -0.2) is 46.7 Å². The lowest BCUT2D eigenvalue weighted by molar-refractivity contribution is -0.140. The summed E-state index contributed by atoms with van der Waals surface area (Å²) in [6.07, 6.45) is -2.33. The number of hydrogen-bond acceptors (Lipinski definition) is 5. The SMILES string of the molecule is COC(=O)C1=CC(C(C)C)C(O)C(O)C1O. The van der Waals surface area contributed by atoms with Crippen LogP contribution in [0.4, 0.5) is 0 Å². The topological polar surface area (TPSA) is 87.0 Å². The van der Waals surface area contributed by atoms with Crippen LogP contribution in [0.3, 0.4) is 0 Å². The molecule has 1 rings (SSSR count). The minimum Gasteiger partial charge on any atom is -0.466 e. The van der Waals surface area contributed by atoms with E-state index in [4.69, 9.17) is 0 Å². The third kappa shape index (κ3) is 2.26. The molecule has 0 bridgehead atoms. The molecule has 0 aromatic carbocycles. The van der Waals surface area contributed by atoms with E-state index in [1.54, 1.807) is 0 Å². The van der Waals surface area contributed by atoms with Crippen molar-refractivity contribution in [3.05, 3.63) is 11.6 Å². The van der Waals surface area contributed by atoms with Gasteiger partial charge in [0.25, 0.3) is 0 Å². The van der Waals surface area contributed by atoms with Crippen LogP contribution < -0.4 is 0 Å². The summed E-state index contributed by atoms with van der Waals surface area (Å²) in [6, 6.07) is 0. The highest BCUT2D eigenvalue weighted by Crippen LogP contribution is 2.30. The van der Waals surface area contributed by atoms with Crippen molar-refractivity contribution in [1.82, 2.24) is 0 Å². The molecule has 0 radical (unpaired) electrons. The van der Waals surface area contributed by atoms with Gasteiger partial charge in [-0.05, 0) is 5.92 Å². The van der Waals surface area contributed by atoms with Gasteiger partial charge in [-0.1, -0.05) is 19.9 Å². The molecule has 5 nitrogen and oxygen atoms in total. The van der Waals surface area contributed by atoms with E-state index < -0.39 is 24.3 Å². The van der Waals surface area contributed by atoms with E-state index in [0.29, 0.717) is 0 Å². The molecule has 92 valence electrons. The monoisotopic (exact) mass is 230 g/mol. The van der Waals surface area contributed by atoms with Crippen LogP contribution in [-0.2, 0) is 9.53 Å². The Labute approximate surface area is 94.4 Å². The van der Waals surface area contributed by atoms with Crippen molar-refractivity contribution in [1.29, 1.82) is 0 Å². The molecule has 0 aliphatic heterocycles. The molecule has 16 heavy (non-hydrogen) atoms. The molecular formula is C11H18O5. The second kappa shape index (κ2) is 4.95. The summed E-state index contributed by atoms with van der Waals surface area (Å²) in [5.41, 5.74) is 0.0130. The summed E-state index contributed by atoms with van der Waals surface area (Å²) >= 11 is 0. The summed E-state index contributed by atoms with van der Waals surface area (Å²) in [5, 5.41) is 29.0. The lowest BCUT2D eigenvalue weighted by atomic mass is 9.78. The zero-order valence-corrected chi connectivity index (χ0v) is 9.62. The van der Waals surface area contributed by atoms with Crippen molar-refractivity contribution in [2.45, 2.75) is 32.2 Å². The molecule has 0 heterocycles. The number of carbonyl (C=O) groups excluding carboxylic acids is 1. The molecule has 5 heteroatoms. The number of esters is 1. The highest BCUT2D eigenvalue weighted by molar-refractivity contribution is 5.90. The maximum atomic E-state index is 11.4. The highest BCUT2D eigenvalue weighted by atomic mass is 16.5. The first kappa shape index (κ1) is 13.2. The summed E-state index contributed by atoms with van der Waals surface area (Å²) in [5.74, 6) is -0.992. The van der Waals surface area contributed by atoms with Crippen LogP contribution in [0.5, 0.6) is 0 Å².